The zero-order valence-corrected chi connectivity index (χ0v) is 11.4. The van der Waals surface area contributed by atoms with E-state index in [1.165, 1.54) is 5.56 Å². The molecule has 1 heterocycles. The van der Waals surface area contributed by atoms with Crippen molar-refractivity contribution in [1.82, 2.24) is 9.88 Å². The lowest BCUT2D eigenvalue weighted by Crippen LogP contribution is -2.44. The van der Waals surface area contributed by atoms with Gasteiger partial charge in [-0.1, -0.05) is 13.8 Å². The SMILES string of the molecule is CCC(N)C(c1ccncc1)N(CC)C(C)C. The van der Waals surface area contributed by atoms with E-state index in [-0.39, 0.29) is 12.1 Å². The van der Waals surface area contributed by atoms with Gasteiger partial charge in [-0.3, -0.25) is 9.88 Å². The number of pyridine rings is 1. The number of rotatable bonds is 6. The number of aromatic nitrogens is 1. The van der Waals surface area contributed by atoms with Crippen molar-refractivity contribution >= 4 is 0 Å². The van der Waals surface area contributed by atoms with Gasteiger partial charge in [-0.05, 0) is 44.5 Å². The van der Waals surface area contributed by atoms with Crippen molar-refractivity contribution in [1.29, 1.82) is 0 Å². The maximum Gasteiger partial charge on any atom is 0.0502 e. The fourth-order valence-electron chi connectivity index (χ4n) is 2.35. The van der Waals surface area contributed by atoms with Crippen molar-refractivity contribution in [2.75, 3.05) is 6.54 Å². The summed E-state index contributed by atoms with van der Waals surface area (Å²) in [7, 11) is 0. The van der Waals surface area contributed by atoms with Gasteiger partial charge in [0.15, 0.2) is 0 Å². The standard InChI is InChI=1S/C14H25N3/c1-5-13(15)14(17(6-2)11(3)4)12-7-9-16-10-8-12/h7-11,13-14H,5-6,15H2,1-4H3. The molecule has 17 heavy (non-hydrogen) atoms. The summed E-state index contributed by atoms with van der Waals surface area (Å²) in [6, 6.07) is 5.10. The minimum Gasteiger partial charge on any atom is -0.326 e. The summed E-state index contributed by atoms with van der Waals surface area (Å²) in [5, 5.41) is 0. The van der Waals surface area contributed by atoms with Gasteiger partial charge in [0, 0.05) is 24.5 Å². The van der Waals surface area contributed by atoms with Crippen LogP contribution in [0.4, 0.5) is 0 Å². The van der Waals surface area contributed by atoms with Crippen LogP contribution >= 0.6 is 0 Å². The highest BCUT2D eigenvalue weighted by molar-refractivity contribution is 5.17. The van der Waals surface area contributed by atoms with Crippen LogP contribution in [-0.4, -0.2) is 28.5 Å². The van der Waals surface area contributed by atoms with Crippen molar-refractivity contribution in [3.8, 4) is 0 Å². The van der Waals surface area contributed by atoms with Crippen LogP contribution in [0, 0.1) is 0 Å². The zero-order chi connectivity index (χ0) is 12.8. The van der Waals surface area contributed by atoms with Crippen LogP contribution in [0.25, 0.3) is 0 Å². The van der Waals surface area contributed by atoms with Gasteiger partial charge in [0.2, 0.25) is 0 Å². The molecule has 0 aliphatic rings. The first-order chi connectivity index (χ1) is 8.11. The Bertz CT molecular complexity index is 311. The van der Waals surface area contributed by atoms with Gasteiger partial charge in [-0.25, -0.2) is 0 Å². The predicted octanol–water partition coefficient (Wildman–Crippen LogP) is 2.59. The molecule has 0 saturated carbocycles. The van der Waals surface area contributed by atoms with E-state index in [1.54, 1.807) is 0 Å². The third-order valence-corrected chi connectivity index (χ3v) is 3.31. The van der Waals surface area contributed by atoms with E-state index in [0.29, 0.717) is 6.04 Å². The van der Waals surface area contributed by atoms with E-state index in [0.717, 1.165) is 13.0 Å². The van der Waals surface area contributed by atoms with Crippen molar-refractivity contribution in [3.63, 3.8) is 0 Å². The van der Waals surface area contributed by atoms with Crippen LogP contribution in [-0.2, 0) is 0 Å². The van der Waals surface area contributed by atoms with E-state index < -0.39 is 0 Å². The van der Waals surface area contributed by atoms with Crippen LogP contribution < -0.4 is 5.73 Å². The molecule has 1 aromatic rings. The second kappa shape index (κ2) is 6.72. The normalized spacial score (nSPS) is 15.2. The maximum absolute atomic E-state index is 6.30. The summed E-state index contributed by atoms with van der Waals surface area (Å²) in [5.74, 6) is 0. The minimum absolute atomic E-state index is 0.166. The quantitative estimate of drug-likeness (QED) is 0.824. The number of hydrogen-bond acceptors (Lipinski definition) is 3. The van der Waals surface area contributed by atoms with Gasteiger partial charge in [-0.2, -0.15) is 0 Å². The van der Waals surface area contributed by atoms with Gasteiger partial charge in [0.1, 0.15) is 0 Å². The summed E-state index contributed by atoms with van der Waals surface area (Å²) < 4.78 is 0. The molecule has 0 aliphatic heterocycles. The van der Waals surface area contributed by atoms with Gasteiger partial charge in [-0.15, -0.1) is 0 Å². The fourth-order valence-corrected chi connectivity index (χ4v) is 2.35. The van der Waals surface area contributed by atoms with Crippen LogP contribution in [0.15, 0.2) is 24.5 Å². The van der Waals surface area contributed by atoms with Crippen molar-refractivity contribution in [2.45, 2.75) is 52.2 Å². The summed E-state index contributed by atoms with van der Waals surface area (Å²) in [6.45, 7) is 9.79. The molecule has 0 aliphatic carbocycles. The molecule has 1 rings (SSSR count). The molecule has 0 amide bonds. The topological polar surface area (TPSA) is 42.1 Å². The monoisotopic (exact) mass is 235 g/mol. The molecule has 3 heteroatoms. The molecule has 0 radical (unpaired) electrons. The molecule has 0 bridgehead atoms. The van der Waals surface area contributed by atoms with E-state index in [2.05, 4.69) is 49.7 Å². The molecular formula is C14H25N3. The Morgan fingerprint density at radius 1 is 1.24 bits per heavy atom. The Balaban J connectivity index is 3.03. The Kier molecular flexibility index (Phi) is 5.59. The average molecular weight is 235 g/mol. The Hall–Kier alpha value is -0.930. The third-order valence-electron chi connectivity index (χ3n) is 3.31. The first-order valence-corrected chi connectivity index (χ1v) is 6.53. The summed E-state index contributed by atoms with van der Waals surface area (Å²) in [4.78, 5) is 6.53. The molecule has 0 saturated heterocycles. The molecule has 3 nitrogen and oxygen atoms in total. The van der Waals surface area contributed by atoms with E-state index in [1.807, 2.05) is 12.4 Å². The molecule has 2 atom stereocenters. The third kappa shape index (κ3) is 3.51. The first kappa shape index (κ1) is 14.1. The van der Waals surface area contributed by atoms with Crippen molar-refractivity contribution in [3.05, 3.63) is 30.1 Å². The van der Waals surface area contributed by atoms with Gasteiger partial charge >= 0.3 is 0 Å². The Morgan fingerprint density at radius 2 is 1.82 bits per heavy atom. The molecule has 2 N–H and O–H groups in total. The summed E-state index contributed by atoms with van der Waals surface area (Å²) in [5.41, 5.74) is 7.57. The minimum atomic E-state index is 0.166. The Labute approximate surface area is 105 Å². The van der Waals surface area contributed by atoms with Crippen molar-refractivity contribution in [2.24, 2.45) is 5.73 Å². The van der Waals surface area contributed by atoms with E-state index >= 15 is 0 Å². The highest BCUT2D eigenvalue weighted by Crippen LogP contribution is 2.26. The number of likely N-dealkylation sites (N-methyl/N-ethyl adjacent to an activating group) is 1. The highest BCUT2D eigenvalue weighted by atomic mass is 15.2. The zero-order valence-electron chi connectivity index (χ0n) is 11.4. The maximum atomic E-state index is 6.30. The van der Waals surface area contributed by atoms with Crippen LogP contribution in [0.1, 0.15) is 45.7 Å². The molecule has 0 spiro atoms. The summed E-state index contributed by atoms with van der Waals surface area (Å²) in [6.07, 6.45) is 4.67. The molecule has 0 aromatic carbocycles. The molecule has 96 valence electrons. The van der Waals surface area contributed by atoms with Crippen LogP contribution in [0.2, 0.25) is 0 Å². The Morgan fingerprint density at radius 3 is 2.24 bits per heavy atom. The average Bonchev–Trinajstić information content (AvgIpc) is 2.35. The smallest absolute Gasteiger partial charge is 0.0502 e. The molecule has 0 fully saturated rings. The first-order valence-electron chi connectivity index (χ1n) is 6.53. The largest absolute Gasteiger partial charge is 0.326 e. The second-order valence-corrected chi connectivity index (χ2v) is 4.72. The highest BCUT2D eigenvalue weighted by Gasteiger charge is 2.26. The van der Waals surface area contributed by atoms with Gasteiger partial charge < -0.3 is 5.73 Å². The molecular weight excluding hydrogens is 210 g/mol. The van der Waals surface area contributed by atoms with E-state index in [4.69, 9.17) is 5.73 Å². The molecule has 2 unspecified atom stereocenters. The van der Waals surface area contributed by atoms with Crippen molar-refractivity contribution < 1.29 is 0 Å². The lowest BCUT2D eigenvalue weighted by atomic mass is 9.96. The fraction of sp³-hybridized carbons (Fsp3) is 0.643. The van der Waals surface area contributed by atoms with Gasteiger partial charge in [0.05, 0.1) is 6.04 Å². The second-order valence-electron chi connectivity index (χ2n) is 4.72. The summed E-state index contributed by atoms with van der Waals surface area (Å²) >= 11 is 0. The lowest BCUT2D eigenvalue weighted by molar-refractivity contribution is 0.138. The van der Waals surface area contributed by atoms with Gasteiger partial charge in [0.25, 0.3) is 0 Å². The number of nitrogens with zero attached hydrogens (tertiary/aromatic N) is 2. The van der Waals surface area contributed by atoms with E-state index in [9.17, 15) is 0 Å². The predicted molar refractivity (Wildman–Crippen MR) is 72.8 cm³/mol. The number of hydrogen-bond donors (Lipinski definition) is 1. The van der Waals surface area contributed by atoms with Crippen LogP contribution in [0.5, 0.6) is 0 Å². The molecule has 1 aromatic heterocycles. The van der Waals surface area contributed by atoms with Crippen LogP contribution in [0.3, 0.4) is 0 Å². The number of nitrogens with two attached hydrogens (primary N) is 1. The lowest BCUT2D eigenvalue weighted by Gasteiger charge is -2.37.